The molecule has 1 unspecified atom stereocenters. The maximum absolute atomic E-state index is 14.3. The molecule has 456 valence electrons. The highest BCUT2D eigenvalue weighted by atomic mass is 16.6. The van der Waals surface area contributed by atoms with Crippen molar-refractivity contribution in [2.75, 3.05) is 70.4 Å². The molecular weight excluding hydrogens is 1110 g/mol. The first-order valence-corrected chi connectivity index (χ1v) is 28.4. The predicted octanol–water partition coefficient (Wildman–Crippen LogP) is 5.88. The van der Waals surface area contributed by atoms with Crippen LogP contribution < -0.4 is 50.8 Å². The molecule has 5 heterocycles. The summed E-state index contributed by atoms with van der Waals surface area (Å²) in [5.74, 6) is -0.763. The molecule has 26 nitrogen and oxygen atoms in total. The van der Waals surface area contributed by atoms with E-state index in [1.807, 2.05) is 0 Å². The lowest BCUT2D eigenvalue weighted by Crippen LogP contribution is -2.50. The molecule has 8 rings (SSSR count). The van der Waals surface area contributed by atoms with E-state index in [4.69, 9.17) is 34.9 Å². The fraction of sp³-hybridized carbons (Fsp3) is 0.417. The van der Waals surface area contributed by atoms with Crippen molar-refractivity contribution >= 4 is 70.8 Å². The van der Waals surface area contributed by atoms with E-state index in [1.54, 1.807) is 47.5 Å². The van der Waals surface area contributed by atoms with E-state index in [1.165, 1.54) is 49.6 Å². The van der Waals surface area contributed by atoms with Crippen LogP contribution in [0.3, 0.4) is 0 Å². The van der Waals surface area contributed by atoms with E-state index >= 15 is 0 Å². The molecule has 5 aliphatic heterocycles. The van der Waals surface area contributed by atoms with Crippen LogP contribution in [0.1, 0.15) is 96.9 Å². The van der Waals surface area contributed by atoms with Gasteiger partial charge in [-0.2, -0.15) is 5.11 Å². The molecule has 0 saturated carbocycles. The number of aliphatic hydroxyl groups is 1. The maximum Gasteiger partial charge on any atom is 0.416 e. The highest BCUT2D eigenvalue weighted by Crippen LogP contribution is 2.43. The Morgan fingerprint density at radius 1 is 0.814 bits per heavy atom. The van der Waals surface area contributed by atoms with Crippen LogP contribution in [0.15, 0.2) is 107 Å². The fourth-order valence-corrected chi connectivity index (χ4v) is 10.5. The predicted molar refractivity (Wildman–Crippen MR) is 314 cm³/mol. The van der Waals surface area contributed by atoms with Crippen molar-refractivity contribution < 1.29 is 67.1 Å². The summed E-state index contributed by atoms with van der Waals surface area (Å²) < 4.78 is 29.5. The second-order valence-corrected chi connectivity index (χ2v) is 21.2. The van der Waals surface area contributed by atoms with Crippen molar-refractivity contribution in [2.24, 2.45) is 15.8 Å². The van der Waals surface area contributed by atoms with Crippen LogP contribution in [0.2, 0.25) is 0 Å². The van der Waals surface area contributed by atoms with Crippen molar-refractivity contribution in [3.8, 4) is 23.0 Å². The quantitative estimate of drug-likeness (QED) is 0.0185. The van der Waals surface area contributed by atoms with Gasteiger partial charge >= 0.3 is 12.1 Å². The molecule has 5 aliphatic rings. The van der Waals surface area contributed by atoms with Gasteiger partial charge in [-0.15, -0.1) is 0 Å². The number of rotatable bonds is 29. The zero-order valence-electron chi connectivity index (χ0n) is 48.1. The van der Waals surface area contributed by atoms with E-state index < -0.39 is 42.3 Å². The second-order valence-electron chi connectivity index (χ2n) is 21.2. The molecule has 2 fully saturated rings. The molecule has 4 atom stereocenters. The number of carbonyl (C=O) groups is 8. The summed E-state index contributed by atoms with van der Waals surface area (Å²) in [5.41, 5.74) is 16.6. The Labute approximate surface area is 496 Å². The van der Waals surface area contributed by atoms with Gasteiger partial charge in [-0.25, -0.2) is 20.0 Å². The topological polar surface area (TPSA) is 339 Å². The summed E-state index contributed by atoms with van der Waals surface area (Å²) in [6, 6.07) is 10.2. The maximum atomic E-state index is 14.3. The number of aliphatic hydroxyl groups excluding tert-OH is 1. The summed E-state index contributed by atoms with van der Waals surface area (Å²) in [6.45, 7) is 9.34. The van der Waals surface area contributed by atoms with Crippen LogP contribution in [-0.2, 0) is 30.5 Å². The number of benzene rings is 3. The lowest BCUT2D eigenvalue weighted by Gasteiger charge is -2.31. The summed E-state index contributed by atoms with van der Waals surface area (Å²) in [7, 11) is 2.95. The number of methoxy groups -OCH3 is 2. The van der Waals surface area contributed by atoms with Crippen LogP contribution in [0.25, 0.3) is 0 Å². The molecule has 8 N–H and O–H groups in total. The number of nitrogens with zero attached hydrogens (tertiary/aromatic N) is 6. The number of hydrogen-bond acceptors (Lipinski definition) is 18. The molecule has 9 amide bonds. The Morgan fingerprint density at radius 3 is 2.15 bits per heavy atom. The molecular formula is C60H72N12O14. The zero-order valence-corrected chi connectivity index (χ0v) is 48.1. The lowest BCUT2D eigenvalue weighted by atomic mass is 10.1. The van der Waals surface area contributed by atoms with E-state index in [0.29, 0.717) is 104 Å². The van der Waals surface area contributed by atoms with Crippen LogP contribution in [0.5, 0.6) is 23.0 Å². The highest BCUT2D eigenvalue weighted by Gasteiger charge is 2.46. The number of unbranched alkanes of at least 4 members (excludes halogenated alkanes) is 4. The number of aliphatic imine (C=N–C) groups is 1. The monoisotopic (exact) mass is 1180 g/mol. The number of hydrogen-bond donors (Lipinski definition) is 7. The Kier molecular flexibility index (Phi) is 21.3. The van der Waals surface area contributed by atoms with Gasteiger partial charge in [0.2, 0.25) is 11.8 Å². The molecule has 3 aromatic rings. The van der Waals surface area contributed by atoms with Crippen molar-refractivity contribution in [3.05, 3.63) is 114 Å². The van der Waals surface area contributed by atoms with Gasteiger partial charge in [-0.3, -0.25) is 38.7 Å². The van der Waals surface area contributed by atoms with Gasteiger partial charge in [-0.05, 0) is 87.6 Å². The molecule has 3 aromatic carbocycles. The molecule has 0 spiro atoms. The first-order valence-electron chi connectivity index (χ1n) is 28.4. The summed E-state index contributed by atoms with van der Waals surface area (Å²) in [4.78, 5) is 113. The summed E-state index contributed by atoms with van der Waals surface area (Å²) >= 11 is 0. The third-order valence-electron chi connectivity index (χ3n) is 15.0. The molecule has 26 heteroatoms. The second kappa shape index (κ2) is 29.3. The standard InChI is InChI=1S/C60H72N12O14/c1-36-24-41-32-65-45-28-50(48(82-3)26-42(45)56(77)70(41)33-36)84-22-9-6-10-23-85-51-29-46-43(27-49(51)83-4)57(78)71-34-37(2)25-47(71)58(79)72(46)60(81)86-35-38-14-16-39(17-15-38)67-55(76)44(12-11-20-63-59(61)80)64-30-40(68-62)31-66-52(73)13-7-5-8-21-69-53(74)18-19-54(69)75/h14-19,26-30,32,41,44,47,58,62,64,79H,1-2,5-13,20-25,31,33-35H2,3-4H3,(H,66,73)(H,67,76)(H3,61,63,80)/b40-30-,68-62?/t41?,44-,47-,58-/m0/s1. The average Bonchev–Trinajstić information content (AvgIpc) is 2.03. The number of imide groups is 1. The molecule has 0 aromatic heterocycles. The third-order valence-corrected chi connectivity index (χ3v) is 15.0. The summed E-state index contributed by atoms with van der Waals surface area (Å²) in [6.07, 6.45) is 8.20. The largest absolute Gasteiger partial charge is 0.493 e. The first kappa shape index (κ1) is 62.5. The van der Waals surface area contributed by atoms with Crippen LogP contribution in [0, 0.1) is 5.53 Å². The minimum Gasteiger partial charge on any atom is -0.493 e. The number of nitrogens with one attached hydrogen (secondary N) is 5. The van der Waals surface area contributed by atoms with E-state index in [2.05, 4.69) is 44.5 Å². The minimum atomic E-state index is -1.55. The van der Waals surface area contributed by atoms with Gasteiger partial charge in [0.15, 0.2) is 29.2 Å². The smallest absolute Gasteiger partial charge is 0.416 e. The molecule has 2 saturated heterocycles. The van der Waals surface area contributed by atoms with E-state index in [-0.39, 0.29) is 117 Å². The lowest BCUT2D eigenvalue weighted by molar-refractivity contribution is -0.137. The highest BCUT2D eigenvalue weighted by molar-refractivity contribution is 6.13. The Bertz CT molecular complexity index is 3200. The van der Waals surface area contributed by atoms with Gasteiger partial charge in [0, 0.05) is 75.0 Å². The SMILES string of the molecule is C=C1CC2C=Nc3cc(OCCCCCOc4cc5c(cc4OC)C(=O)N4CC(=C)C[C@H]4[C@H](O)N5C(=O)OCc4ccc(NC(=O)[C@H](CCCNC(N)=O)N/C=C(/CNC(=O)CCCCCN5C(=O)C=CC5=O)N=N)cc4)c(OC)cc3C(=O)N2C1. The van der Waals surface area contributed by atoms with Crippen molar-refractivity contribution in [1.29, 1.82) is 5.53 Å². The Morgan fingerprint density at radius 2 is 1.47 bits per heavy atom. The molecule has 0 aliphatic carbocycles. The van der Waals surface area contributed by atoms with Crippen molar-refractivity contribution in [2.45, 2.75) is 102 Å². The number of amides is 9. The third kappa shape index (κ3) is 15.6. The first-order chi connectivity index (χ1) is 41.5. The number of fused-ring (bicyclic) bond motifs is 4. The fourth-order valence-electron chi connectivity index (χ4n) is 10.5. The normalized spacial score (nSPS) is 18.1. The van der Waals surface area contributed by atoms with Gasteiger partial charge in [0.25, 0.3) is 23.6 Å². The van der Waals surface area contributed by atoms with Crippen molar-refractivity contribution in [1.82, 2.24) is 30.7 Å². The van der Waals surface area contributed by atoms with Gasteiger partial charge < -0.3 is 65.6 Å². The van der Waals surface area contributed by atoms with E-state index in [0.717, 1.165) is 15.4 Å². The number of ether oxygens (including phenoxy) is 5. The molecule has 0 radical (unpaired) electrons. The Hall–Kier alpha value is -9.59. The van der Waals surface area contributed by atoms with E-state index in [9.17, 15) is 43.5 Å². The number of nitrogens with two attached hydrogens (primary N) is 1. The van der Waals surface area contributed by atoms with Crippen LogP contribution in [0.4, 0.5) is 26.7 Å². The summed E-state index contributed by atoms with van der Waals surface area (Å²) in [5, 5.41) is 26.4. The number of anilines is 2. The number of carbonyl (C=O) groups excluding carboxylic acids is 8. The average molecular weight is 1190 g/mol. The zero-order chi connectivity index (χ0) is 61.4. The van der Waals surface area contributed by atoms with Crippen LogP contribution >= 0.6 is 0 Å². The minimum absolute atomic E-state index is 0.0488. The number of urea groups is 1. The Balaban J connectivity index is 0.850. The molecule has 0 bridgehead atoms. The number of primary amides is 1. The van der Waals surface area contributed by atoms with Crippen LogP contribution in [-0.4, -0.2) is 158 Å². The van der Waals surface area contributed by atoms with Gasteiger partial charge in [-0.1, -0.05) is 42.9 Å². The van der Waals surface area contributed by atoms with Crippen molar-refractivity contribution in [3.63, 3.8) is 0 Å². The van der Waals surface area contributed by atoms with Gasteiger partial charge in [0.1, 0.15) is 12.6 Å². The molecule has 86 heavy (non-hydrogen) atoms. The van der Waals surface area contributed by atoms with Gasteiger partial charge in [0.05, 0.1) is 74.3 Å².